The Kier molecular flexibility index (Phi) is 3.95. The highest BCUT2D eigenvalue weighted by Crippen LogP contribution is 2.35. The molecule has 2 nitrogen and oxygen atoms in total. The molecule has 0 saturated carbocycles. The Hall–Kier alpha value is -1.51. The van der Waals surface area contributed by atoms with Gasteiger partial charge in [0, 0.05) is 17.1 Å². The number of nitrogens with two attached hydrogens (primary N) is 1. The molecule has 2 N–H and O–H groups in total. The Morgan fingerprint density at radius 2 is 2.05 bits per heavy atom. The lowest BCUT2D eigenvalue weighted by Gasteiger charge is -2.27. The second-order valence-electron chi connectivity index (χ2n) is 5.15. The Labute approximate surface area is 124 Å². The Morgan fingerprint density at radius 3 is 2.90 bits per heavy atom. The van der Waals surface area contributed by atoms with E-state index >= 15 is 0 Å². The van der Waals surface area contributed by atoms with E-state index in [9.17, 15) is 0 Å². The number of halogens is 1. The molecule has 0 saturated heterocycles. The number of aryl methyl sites for hydroxylation is 1. The molecule has 0 aliphatic heterocycles. The molecule has 0 bridgehead atoms. The summed E-state index contributed by atoms with van der Waals surface area (Å²) in [5.41, 5.74) is 9.44. The smallest absolute Gasteiger partial charge is 0.124 e. The van der Waals surface area contributed by atoms with E-state index in [0.717, 1.165) is 30.6 Å². The Balaban J connectivity index is 1.89. The zero-order valence-electron chi connectivity index (χ0n) is 11.3. The second kappa shape index (κ2) is 5.86. The molecule has 0 spiro atoms. The monoisotopic (exact) mass is 287 g/mol. The lowest BCUT2D eigenvalue weighted by atomic mass is 9.89. The summed E-state index contributed by atoms with van der Waals surface area (Å²) < 4.78 is 6.22. The van der Waals surface area contributed by atoms with E-state index in [0.29, 0.717) is 11.6 Å². The van der Waals surface area contributed by atoms with E-state index in [-0.39, 0.29) is 6.10 Å². The van der Waals surface area contributed by atoms with Crippen LogP contribution in [-0.4, -0.2) is 0 Å². The number of benzene rings is 2. The topological polar surface area (TPSA) is 35.2 Å². The minimum atomic E-state index is 0.117. The second-order valence-corrected chi connectivity index (χ2v) is 5.59. The van der Waals surface area contributed by atoms with Gasteiger partial charge in [-0.3, -0.25) is 0 Å². The molecule has 104 valence electrons. The molecule has 1 atom stereocenters. The maximum Gasteiger partial charge on any atom is 0.124 e. The van der Waals surface area contributed by atoms with Crippen molar-refractivity contribution in [2.75, 3.05) is 0 Å². The predicted octanol–water partition coefficient (Wildman–Crippen LogP) is 4.26. The number of hydrogen-bond donors (Lipinski definition) is 1. The first-order valence-electron chi connectivity index (χ1n) is 7.01. The van der Waals surface area contributed by atoms with Crippen LogP contribution in [0.3, 0.4) is 0 Å². The number of fused-ring (bicyclic) bond motifs is 1. The minimum Gasteiger partial charge on any atom is -0.485 e. The fourth-order valence-electron chi connectivity index (χ4n) is 2.81. The molecule has 0 radical (unpaired) electrons. The first-order chi connectivity index (χ1) is 9.78. The van der Waals surface area contributed by atoms with Crippen molar-refractivity contribution < 1.29 is 4.74 Å². The van der Waals surface area contributed by atoms with Gasteiger partial charge in [0.25, 0.3) is 0 Å². The van der Waals surface area contributed by atoms with Crippen molar-refractivity contribution in [1.82, 2.24) is 0 Å². The van der Waals surface area contributed by atoms with E-state index in [2.05, 4.69) is 24.3 Å². The highest BCUT2D eigenvalue weighted by molar-refractivity contribution is 6.30. The largest absolute Gasteiger partial charge is 0.485 e. The standard InChI is InChI=1S/C17H18ClNO/c18-14-8-9-16(13(10-14)11-19)20-17-7-3-5-12-4-1-2-6-15(12)17/h1-2,4,6,8-10,17H,3,5,7,11,19H2. The molecule has 1 unspecified atom stereocenters. The summed E-state index contributed by atoms with van der Waals surface area (Å²) in [7, 11) is 0. The van der Waals surface area contributed by atoms with Crippen molar-refractivity contribution in [3.05, 3.63) is 64.2 Å². The van der Waals surface area contributed by atoms with E-state index in [1.807, 2.05) is 18.2 Å². The lowest BCUT2D eigenvalue weighted by molar-refractivity contribution is 0.181. The van der Waals surface area contributed by atoms with Gasteiger partial charge >= 0.3 is 0 Å². The third-order valence-electron chi connectivity index (χ3n) is 3.83. The zero-order valence-corrected chi connectivity index (χ0v) is 12.1. The summed E-state index contributed by atoms with van der Waals surface area (Å²) in [4.78, 5) is 0. The molecule has 1 aliphatic rings. The third kappa shape index (κ3) is 2.67. The average molecular weight is 288 g/mol. The highest BCUT2D eigenvalue weighted by atomic mass is 35.5. The maximum absolute atomic E-state index is 6.22. The lowest BCUT2D eigenvalue weighted by Crippen LogP contribution is -2.16. The molecule has 0 aromatic heterocycles. The van der Waals surface area contributed by atoms with Crippen molar-refractivity contribution in [3.63, 3.8) is 0 Å². The summed E-state index contributed by atoms with van der Waals surface area (Å²) in [6.07, 6.45) is 3.46. The normalized spacial score (nSPS) is 17.6. The predicted molar refractivity (Wildman–Crippen MR) is 82.1 cm³/mol. The van der Waals surface area contributed by atoms with Crippen molar-refractivity contribution in [2.24, 2.45) is 5.73 Å². The van der Waals surface area contributed by atoms with E-state index < -0.39 is 0 Å². The fraction of sp³-hybridized carbons (Fsp3) is 0.294. The molecule has 0 heterocycles. The van der Waals surface area contributed by atoms with Crippen LogP contribution in [0, 0.1) is 0 Å². The van der Waals surface area contributed by atoms with Crippen LogP contribution in [0.1, 0.15) is 35.6 Å². The molecule has 2 aromatic carbocycles. The van der Waals surface area contributed by atoms with Crippen molar-refractivity contribution in [3.8, 4) is 5.75 Å². The summed E-state index contributed by atoms with van der Waals surface area (Å²) in [6.45, 7) is 0.435. The molecule has 3 heteroatoms. The van der Waals surface area contributed by atoms with Gasteiger partial charge in [-0.2, -0.15) is 0 Å². The number of ether oxygens (including phenoxy) is 1. The van der Waals surface area contributed by atoms with Crippen LogP contribution in [0.5, 0.6) is 5.75 Å². The number of rotatable bonds is 3. The van der Waals surface area contributed by atoms with Gasteiger partial charge in [-0.15, -0.1) is 0 Å². The Bertz CT molecular complexity index is 612. The van der Waals surface area contributed by atoms with Crippen LogP contribution in [0.2, 0.25) is 5.02 Å². The molecular weight excluding hydrogens is 270 g/mol. The third-order valence-corrected chi connectivity index (χ3v) is 4.06. The van der Waals surface area contributed by atoms with Gasteiger partial charge in [-0.05, 0) is 48.6 Å². The molecule has 0 amide bonds. The van der Waals surface area contributed by atoms with E-state index in [1.54, 1.807) is 0 Å². The van der Waals surface area contributed by atoms with Crippen LogP contribution < -0.4 is 10.5 Å². The summed E-state index contributed by atoms with van der Waals surface area (Å²) in [6, 6.07) is 14.2. The van der Waals surface area contributed by atoms with Crippen molar-refractivity contribution in [2.45, 2.75) is 31.9 Å². The maximum atomic E-state index is 6.22. The van der Waals surface area contributed by atoms with Gasteiger partial charge in [0.15, 0.2) is 0 Å². The van der Waals surface area contributed by atoms with Gasteiger partial charge in [0.1, 0.15) is 11.9 Å². The molecular formula is C17H18ClNO. The number of hydrogen-bond acceptors (Lipinski definition) is 2. The van der Waals surface area contributed by atoms with Gasteiger partial charge < -0.3 is 10.5 Å². The van der Waals surface area contributed by atoms with Crippen LogP contribution >= 0.6 is 11.6 Å². The van der Waals surface area contributed by atoms with E-state index in [1.165, 1.54) is 11.1 Å². The quantitative estimate of drug-likeness (QED) is 0.916. The zero-order chi connectivity index (χ0) is 13.9. The van der Waals surface area contributed by atoms with E-state index in [4.69, 9.17) is 22.1 Å². The summed E-state index contributed by atoms with van der Waals surface area (Å²) in [5.74, 6) is 0.846. The molecule has 1 aliphatic carbocycles. The van der Waals surface area contributed by atoms with Crippen molar-refractivity contribution >= 4 is 11.6 Å². The first-order valence-corrected chi connectivity index (χ1v) is 7.38. The van der Waals surface area contributed by atoms with Crippen LogP contribution in [0.15, 0.2) is 42.5 Å². The molecule has 0 fully saturated rings. The highest BCUT2D eigenvalue weighted by Gasteiger charge is 2.22. The Morgan fingerprint density at radius 1 is 1.20 bits per heavy atom. The summed E-state index contributed by atoms with van der Waals surface area (Å²) in [5, 5.41) is 0.696. The molecule has 2 aromatic rings. The van der Waals surface area contributed by atoms with Gasteiger partial charge in [0.05, 0.1) is 0 Å². The van der Waals surface area contributed by atoms with Gasteiger partial charge in [-0.25, -0.2) is 0 Å². The SMILES string of the molecule is NCc1cc(Cl)ccc1OC1CCCc2ccccc21. The fourth-order valence-corrected chi connectivity index (χ4v) is 3.00. The first kappa shape index (κ1) is 13.5. The van der Waals surface area contributed by atoms with Gasteiger partial charge in [0.2, 0.25) is 0 Å². The van der Waals surface area contributed by atoms with Crippen LogP contribution in [-0.2, 0) is 13.0 Å². The average Bonchev–Trinajstić information content (AvgIpc) is 2.49. The minimum absolute atomic E-state index is 0.117. The van der Waals surface area contributed by atoms with Crippen LogP contribution in [0.25, 0.3) is 0 Å². The summed E-state index contributed by atoms with van der Waals surface area (Å²) >= 11 is 6.01. The van der Waals surface area contributed by atoms with Gasteiger partial charge in [-0.1, -0.05) is 35.9 Å². The van der Waals surface area contributed by atoms with Crippen LogP contribution in [0.4, 0.5) is 0 Å². The molecule has 20 heavy (non-hydrogen) atoms. The van der Waals surface area contributed by atoms with Crippen molar-refractivity contribution in [1.29, 1.82) is 0 Å². The molecule has 3 rings (SSSR count).